The first-order valence-electron chi connectivity index (χ1n) is 15.0. The topological polar surface area (TPSA) is 203 Å². The number of rotatable bonds is 12. The van der Waals surface area contributed by atoms with Crippen LogP contribution in [0.5, 0.6) is 0 Å². The molecule has 3 amide bonds. The molecule has 0 aromatic heterocycles. The van der Waals surface area contributed by atoms with Crippen molar-refractivity contribution in [1.82, 2.24) is 10.2 Å². The molecule has 3 aromatic carbocycles. The zero-order chi connectivity index (χ0) is 36.1. The summed E-state index contributed by atoms with van der Waals surface area (Å²) in [7, 11) is 0. The number of nitrogens with one attached hydrogen (secondary N) is 1. The van der Waals surface area contributed by atoms with Crippen LogP contribution in [0.4, 0.5) is 4.79 Å². The van der Waals surface area contributed by atoms with Gasteiger partial charge in [0.15, 0.2) is 0 Å². The summed E-state index contributed by atoms with van der Waals surface area (Å²) < 4.78 is 15.0. The van der Waals surface area contributed by atoms with Gasteiger partial charge in [-0.3, -0.25) is 24.1 Å². The Kier molecular flexibility index (Phi) is 13.1. The van der Waals surface area contributed by atoms with Gasteiger partial charge in [-0.05, 0) is 44.0 Å². The largest absolute Gasteiger partial charge is 0.480 e. The fraction of sp³-hybridized carbons (Fsp3) is 0.286. The van der Waals surface area contributed by atoms with Gasteiger partial charge in [0.25, 0.3) is 11.8 Å². The maximum Gasteiger partial charge on any atom is 0.408 e. The van der Waals surface area contributed by atoms with Crippen LogP contribution in [-0.2, 0) is 46.6 Å². The molecule has 1 aliphatic heterocycles. The van der Waals surface area contributed by atoms with Gasteiger partial charge in [-0.1, -0.05) is 72.8 Å². The van der Waals surface area contributed by atoms with E-state index in [9.17, 15) is 38.7 Å². The summed E-state index contributed by atoms with van der Waals surface area (Å²) in [4.78, 5) is 83.5. The van der Waals surface area contributed by atoms with E-state index >= 15 is 0 Å². The van der Waals surface area contributed by atoms with Crippen molar-refractivity contribution in [1.29, 1.82) is 0 Å². The molecule has 1 heterocycles. The van der Waals surface area contributed by atoms with Crippen molar-refractivity contribution >= 4 is 41.8 Å². The Morgan fingerprint density at radius 3 is 1.51 bits per heavy atom. The van der Waals surface area contributed by atoms with Gasteiger partial charge >= 0.3 is 30.0 Å². The number of carbonyl (C=O) groups excluding carboxylic acids is 5. The Hall–Kier alpha value is -6.05. The molecule has 0 unspecified atom stereocenters. The second kappa shape index (κ2) is 17.2. The van der Waals surface area contributed by atoms with E-state index < -0.39 is 72.3 Å². The number of carboxylic acids is 2. The van der Waals surface area contributed by atoms with Crippen molar-refractivity contribution < 1.29 is 58.0 Å². The highest BCUT2D eigenvalue weighted by Gasteiger charge is 2.43. The standard InChI is InChI=1S/C19H15NO6.C16H21NO6/c21-16(26-11-12-6-2-1-3-7-12)10-15(19(24)25)20-17(22)13-8-4-5-9-14(13)18(20)23;1-16(2,3)23-15(21)17-12(14(19)20)9-13(18)22-10-11-7-5-4-6-8-11/h1-9,15H,10-11H2,(H,24,25);4-8,12H,9-10H2,1-3H3,(H,17,21)(H,19,20)/t15-;12-/m00/s1. The fourth-order valence-corrected chi connectivity index (χ4v) is 4.35. The predicted octanol–water partition coefficient (Wildman–Crippen LogP) is 3.97. The highest BCUT2D eigenvalue weighted by Crippen LogP contribution is 2.26. The van der Waals surface area contributed by atoms with Crippen LogP contribution in [0.2, 0.25) is 0 Å². The van der Waals surface area contributed by atoms with Crippen molar-refractivity contribution in [3.63, 3.8) is 0 Å². The molecule has 14 heteroatoms. The third kappa shape index (κ3) is 11.6. The summed E-state index contributed by atoms with van der Waals surface area (Å²) in [6, 6.07) is 20.9. The van der Waals surface area contributed by atoms with E-state index in [4.69, 9.17) is 19.3 Å². The number of carboxylic acid groups (broad SMARTS) is 2. The monoisotopic (exact) mass is 676 g/mol. The molecule has 14 nitrogen and oxygen atoms in total. The molecule has 0 saturated heterocycles. The Bertz CT molecular complexity index is 1630. The molecule has 0 radical (unpaired) electrons. The summed E-state index contributed by atoms with van der Waals surface area (Å²) >= 11 is 0. The van der Waals surface area contributed by atoms with Crippen LogP contribution in [0.15, 0.2) is 84.9 Å². The van der Waals surface area contributed by atoms with Gasteiger partial charge < -0.3 is 29.7 Å². The molecule has 3 aromatic rings. The third-order valence-corrected chi connectivity index (χ3v) is 6.63. The summed E-state index contributed by atoms with van der Waals surface area (Å²) in [6.45, 7) is 4.97. The van der Waals surface area contributed by atoms with Gasteiger partial charge in [0.05, 0.1) is 24.0 Å². The van der Waals surface area contributed by atoms with E-state index in [2.05, 4.69) is 5.32 Å². The first kappa shape index (κ1) is 37.4. The number of nitrogens with zero attached hydrogens (tertiary/aromatic N) is 1. The number of hydrogen-bond acceptors (Lipinski definition) is 10. The normalized spacial score (nSPS) is 13.2. The highest BCUT2D eigenvalue weighted by molar-refractivity contribution is 6.22. The number of ether oxygens (including phenoxy) is 3. The Morgan fingerprint density at radius 1 is 0.673 bits per heavy atom. The number of hydrogen-bond donors (Lipinski definition) is 3. The number of imide groups is 1. The van der Waals surface area contributed by atoms with Gasteiger partial charge in [0.1, 0.15) is 30.9 Å². The predicted molar refractivity (Wildman–Crippen MR) is 171 cm³/mol. The van der Waals surface area contributed by atoms with Gasteiger partial charge in [0.2, 0.25) is 0 Å². The lowest BCUT2D eigenvalue weighted by molar-refractivity contribution is -0.152. The lowest BCUT2D eigenvalue weighted by Crippen LogP contribution is -2.46. The molecular weight excluding hydrogens is 640 g/mol. The van der Waals surface area contributed by atoms with Crippen LogP contribution >= 0.6 is 0 Å². The summed E-state index contributed by atoms with van der Waals surface area (Å²) in [6.07, 6.45) is -2.00. The minimum atomic E-state index is -1.62. The SMILES string of the molecule is CC(C)(C)OC(=O)N[C@@H](CC(=O)OCc1ccccc1)C(=O)O.O=C(C[C@@H](C(=O)O)N1C(=O)c2ccccc2C1=O)OCc1ccccc1. The minimum Gasteiger partial charge on any atom is -0.480 e. The van der Waals surface area contributed by atoms with Crippen molar-refractivity contribution in [3.8, 4) is 0 Å². The van der Waals surface area contributed by atoms with Gasteiger partial charge in [-0.25, -0.2) is 14.4 Å². The third-order valence-electron chi connectivity index (χ3n) is 6.63. The fourth-order valence-electron chi connectivity index (χ4n) is 4.35. The molecule has 3 N–H and O–H groups in total. The molecule has 0 aliphatic carbocycles. The molecule has 49 heavy (non-hydrogen) atoms. The van der Waals surface area contributed by atoms with E-state index in [-0.39, 0.29) is 24.3 Å². The Balaban J connectivity index is 0.000000268. The first-order valence-corrected chi connectivity index (χ1v) is 15.0. The minimum absolute atomic E-state index is 0.0197. The molecule has 0 spiro atoms. The lowest BCUT2D eigenvalue weighted by Gasteiger charge is -2.21. The molecule has 0 bridgehead atoms. The van der Waals surface area contributed by atoms with E-state index in [1.807, 2.05) is 12.1 Å². The van der Waals surface area contributed by atoms with Crippen molar-refractivity contribution in [3.05, 3.63) is 107 Å². The van der Waals surface area contributed by atoms with E-state index in [1.165, 1.54) is 12.1 Å². The number of esters is 2. The molecule has 0 fully saturated rings. The number of amides is 3. The van der Waals surface area contributed by atoms with Gasteiger partial charge in [-0.15, -0.1) is 0 Å². The van der Waals surface area contributed by atoms with Crippen LogP contribution in [-0.4, -0.2) is 74.6 Å². The van der Waals surface area contributed by atoms with E-state index in [0.717, 1.165) is 11.1 Å². The van der Waals surface area contributed by atoms with Crippen LogP contribution in [0.3, 0.4) is 0 Å². The second-order valence-corrected chi connectivity index (χ2v) is 11.6. The van der Waals surface area contributed by atoms with Gasteiger partial charge in [-0.2, -0.15) is 0 Å². The average Bonchev–Trinajstić information content (AvgIpc) is 3.30. The molecule has 0 saturated carbocycles. The zero-order valence-corrected chi connectivity index (χ0v) is 27.0. The quantitative estimate of drug-likeness (QED) is 0.142. The molecular formula is C35H36N2O12. The maximum atomic E-state index is 12.4. The first-order chi connectivity index (χ1) is 23.2. The van der Waals surface area contributed by atoms with E-state index in [0.29, 0.717) is 4.90 Å². The molecule has 258 valence electrons. The Labute approximate surface area is 281 Å². The highest BCUT2D eigenvalue weighted by atomic mass is 16.6. The van der Waals surface area contributed by atoms with E-state index in [1.54, 1.807) is 81.4 Å². The van der Waals surface area contributed by atoms with Crippen LogP contribution < -0.4 is 5.32 Å². The van der Waals surface area contributed by atoms with Crippen LogP contribution in [0, 0.1) is 0 Å². The second-order valence-electron chi connectivity index (χ2n) is 11.6. The summed E-state index contributed by atoms with van der Waals surface area (Å²) in [5, 5.41) is 20.6. The average molecular weight is 677 g/mol. The van der Waals surface area contributed by atoms with Crippen molar-refractivity contribution in [2.45, 2.75) is 64.5 Å². The lowest BCUT2D eigenvalue weighted by atomic mass is 10.1. The number of fused-ring (bicyclic) bond motifs is 1. The van der Waals surface area contributed by atoms with Crippen molar-refractivity contribution in [2.24, 2.45) is 0 Å². The van der Waals surface area contributed by atoms with Crippen LogP contribution in [0.25, 0.3) is 0 Å². The Morgan fingerprint density at radius 2 is 1.10 bits per heavy atom. The number of aliphatic carboxylic acids is 2. The molecule has 1 aliphatic rings. The summed E-state index contributed by atoms with van der Waals surface area (Å²) in [5.41, 5.74) is 1.02. The molecule has 2 atom stereocenters. The zero-order valence-electron chi connectivity index (χ0n) is 27.0. The molecule has 4 rings (SSSR count). The maximum absolute atomic E-state index is 12.4. The van der Waals surface area contributed by atoms with Crippen molar-refractivity contribution in [2.75, 3.05) is 0 Å². The van der Waals surface area contributed by atoms with Gasteiger partial charge in [0, 0.05) is 0 Å². The number of carbonyl (C=O) groups is 7. The smallest absolute Gasteiger partial charge is 0.408 e. The number of benzene rings is 3. The van der Waals surface area contributed by atoms with Crippen LogP contribution in [0.1, 0.15) is 65.5 Å². The number of alkyl carbamates (subject to hydrolysis) is 1. The summed E-state index contributed by atoms with van der Waals surface area (Å²) in [5.74, 6) is -5.78.